The third-order valence-electron chi connectivity index (χ3n) is 9.09. The first kappa shape index (κ1) is 32.0. The first-order valence-corrected chi connectivity index (χ1v) is 17.0. The number of methoxy groups -OCH3 is 1. The van der Waals surface area contributed by atoms with Crippen LogP contribution in [0.2, 0.25) is 0 Å². The van der Waals surface area contributed by atoms with E-state index in [4.69, 9.17) is 4.74 Å². The lowest BCUT2D eigenvalue weighted by atomic mass is 9.99. The molecule has 2 aliphatic rings. The molecule has 6 rings (SSSR count). The average molecular weight is 647 g/mol. The zero-order valence-electron chi connectivity index (χ0n) is 27.3. The van der Waals surface area contributed by atoms with Crippen molar-refractivity contribution < 1.29 is 9.13 Å². The van der Waals surface area contributed by atoms with Gasteiger partial charge in [-0.3, -0.25) is 14.9 Å². The van der Waals surface area contributed by atoms with E-state index in [1.165, 1.54) is 29.4 Å². The van der Waals surface area contributed by atoms with Crippen LogP contribution in [0.1, 0.15) is 25.3 Å². The molecule has 4 aromatic rings. The van der Waals surface area contributed by atoms with E-state index < -0.39 is 5.82 Å². The van der Waals surface area contributed by atoms with Crippen LogP contribution >= 0.6 is 11.9 Å². The summed E-state index contributed by atoms with van der Waals surface area (Å²) < 4.78 is 22.9. The van der Waals surface area contributed by atoms with Crippen LogP contribution in [-0.4, -0.2) is 103 Å². The van der Waals surface area contributed by atoms with E-state index in [1.54, 1.807) is 19.5 Å². The minimum absolute atomic E-state index is 0.0472. The molecule has 13 heteroatoms. The second-order valence-corrected chi connectivity index (χ2v) is 12.7. The topological polar surface area (TPSA) is 97.8 Å². The number of anilines is 6. The maximum atomic E-state index is 15.1. The molecule has 46 heavy (non-hydrogen) atoms. The first-order chi connectivity index (χ1) is 22.4. The van der Waals surface area contributed by atoms with E-state index in [-0.39, 0.29) is 11.8 Å². The number of fused-ring (bicyclic) bond motifs is 1. The van der Waals surface area contributed by atoms with E-state index in [1.807, 2.05) is 29.7 Å². The number of piperazine rings is 1. The van der Waals surface area contributed by atoms with Crippen LogP contribution in [0.3, 0.4) is 0 Å². The lowest BCUT2D eigenvalue weighted by Crippen LogP contribution is -2.52. The first-order valence-electron chi connectivity index (χ1n) is 15.8. The predicted octanol–water partition coefficient (Wildman–Crippen LogP) is 5.55. The Morgan fingerprint density at radius 3 is 2.48 bits per heavy atom. The van der Waals surface area contributed by atoms with Crippen molar-refractivity contribution in [1.29, 1.82) is 0 Å². The molecule has 0 bridgehead atoms. The fraction of sp³-hybridized carbons (Fsp3) is 0.455. The molecule has 0 atom stereocenters. The van der Waals surface area contributed by atoms with E-state index >= 15 is 4.39 Å². The summed E-state index contributed by atoms with van der Waals surface area (Å²) in [6, 6.07) is 8.58. The van der Waals surface area contributed by atoms with Gasteiger partial charge in [-0.15, -0.1) is 0 Å². The summed E-state index contributed by atoms with van der Waals surface area (Å²) in [5.41, 5.74) is 6.03. The maximum Gasteiger partial charge on any atom is 0.229 e. The van der Waals surface area contributed by atoms with Crippen molar-refractivity contribution in [2.24, 2.45) is 0 Å². The van der Waals surface area contributed by atoms with Crippen LogP contribution in [-0.2, 0) is 6.42 Å². The van der Waals surface area contributed by atoms with Gasteiger partial charge in [-0.25, -0.2) is 9.37 Å². The van der Waals surface area contributed by atoms with Crippen LogP contribution < -0.4 is 24.6 Å². The molecule has 244 valence electrons. The fourth-order valence-corrected chi connectivity index (χ4v) is 6.78. The maximum absolute atomic E-state index is 15.1. The Morgan fingerprint density at radius 1 is 1.00 bits per heavy atom. The number of aryl methyl sites for hydroxylation is 1. The quantitative estimate of drug-likeness (QED) is 0.212. The SMILES string of the molecule is CCc1cc(Nc2ncc(F)c(Nc3ccc4nccnc4c3N(C)SC)n2)c(OC)cc1N1CCC(N2CCN(C)CC2)CC1. The number of likely N-dealkylation sites (N-methyl/N-ethyl adjacent to an activating group) is 1. The van der Waals surface area contributed by atoms with Crippen LogP contribution in [0.25, 0.3) is 11.0 Å². The monoisotopic (exact) mass is 646 g/mol. The molecule has 2 aliphatic heterocycles. The molecule has 0 unspecified atom stereocenters. The van der Waals surface area contributed by atoms with Crippen molar-refractivity contribution in [3.05, 3.63) is 54.2 Å². The van der Waals surface area contributed by atoms with Gasteiger partial charge in [-0.2, -0.15) is 4.98 Å². The summed E-state index contributed by atoms with van der Waals surface area (Å²) in [4.78, 5) is 25.3. The van der Waals surface area contributed by atoms with E-state index in [9.17, 15) is 0 Å². The van der Waals surface area contributed by atoms with Crippen molar-refractivity contribution in [3.63, 3.8) is 0 Å². The number of nitrogens with zero attached hydrogens (tertiary/aromatic N) is 8. The number of benzene rings is 2. The predicted molar refractivity (Wildman–Crippen MR) is 187 cm³/mol. The third kappa shape index (κ3) is 6.76. The van der Waals surface area contributed by atoms with Gasteiger partial charge in [0, 0.05) is 82.8 Å². The molecular formula is C33H43FN10OS. The van der Waals surface area contributed by atoms with Crippen LogP contribution in [0.4, 0.5) is 38.9 Å². The summed E-state index contributed by atoms with van der Waals surface area (Å²) in [6.45, 7) is 8.82. The summed E-state index contributed by atoms with van der Waals surface area (Å²) in [5.74, 6) is 0.420. The molecule has 0 radical (unpaired) electrons. The Kier molecular flexibility index (Phi) is 9.90. The molecule has 2 aromatic heterocycles. The Bertz CT molecular complexity index is 1660. The minimum Gasteiger partial charge on any atom is -0.494 e. The number of rotatable bonds is 10. The standard InChI is InChI=1S/C33H43FN10OS/c1-6-22-19-27(29(45-4)20-28(22)44-13-9-23(10-14-44)43-17-15-41(2)16-18-43)39-33-37-21-24(34)32(40-33)38-26-8-7-25-30(36-12-11-35-25)31(26)42(3)46-5/h7-8,11-12,19-21,23H,6,9-10,13-18H2,1-5H3,(H2,37,38,39,40). The number of halogens is 1. The van der Waals surface area contributed by atoms with Gasteiger partial charge in [0.15, 0.2) is 11.6 Å². The highest BCUT2D eigenvalue weighted by atomic mass is 32.2. The summed E-state index contributed by atoms with van der Waals surface area (Å²) in [6.07, 6.45) is 9.62. The molecule has 2 N–H and O–H groups in total. The number of hydrogen-bond donors (Lipinski definition) is 2. The van der Waals surface area contributed by atoms with E-state index in [0.29, 0.717) is 23.0 Å². The molecule has 0 spiro atoms. The fourth-order valence-electron chi connectivity index (χ4n) is 6.41. The Hall–Kier alpha value is -3.94. The number of aromatic nitrogens is 4. The van der Waals surface area contributed by atoms with Crippen LogP contribution in [0.5, 0.6) is 5.75 Å². The van der Waals surface area contributed by atoms with Crippen molar-refractivity contribution in [2.45, 2.75) is 32.2 Å². The lowest BCUT2D eigenvalue weighted by Gasteiger charge is -2.43. The molecular weight excluding hydrogens is 603 g/mol. The molecule has 0 saturated carbocycles. The van der Waals surface area contributed by atoms with Crippen molar-refractivity contribution in [1.82, 2.24) is 29.7 Å². The largest absolute Gasteiger partial charge is 0.494 e. The Morgan fingerprint density at radius 2 is 1.76 bits per heavy atom. The zero-order chi connectivity index (χ0) is 32.2. The summed E-state index contributed by atoms with van der Waals surface area (Å²) in [5, 5.41) is 6.47. The highest BCUT2D eigenvalue weighted by molar-refractivity contribution is 7.99. The van der Waals surface area contributed by atoms with Crippen molar-refractivity contribution in [3.8, 4) is 5.75 Å². The van der Waals surface area contributed by atoms with Crippen LogP contribution in [0, 0.1) is 5.82 Å². The van der Waals surface area contributed by atoms with Crippen molar-refractivity contribution in [2.75, 3.05) is 86.6 Å². The molecule has 4 heterocycles. The van der Waals surface area contributed by atoms with Gasteiger partial charge >= 0.3 is 0 Å². The highest BCUT2D eigenvalue weighted by Crippen LogP contribution is 2.38. The normalized spacial score (nSPS) is 16.5. The third-order valence-corrected chi connectivity index (χ3v) is 9.82. The molecule has 0 amide bonds. The molecule has 0 aliphatic carbocycles. The molecule has 2 aromatic carbocycles. The second kappa shape index (κ2) is 14.2. The Labute approximate surface area is 274 Å². The lowest BCUT2D eigenvalue weighted by molar-refractivity contribution is 0.0982. The van der Waals surface area contributed by atoms with Gasteiger partial charge in [0.1, 0.15) is 11.3 Å². The summed E-state index contributed by atoms with van der Waals surface area (Å²) >= 11 is 1.52. The van der Waals surface area contributed by atoms with Gasteiger partial charge in [0.2, 0.25) is 5.95 Å². The minimum atomic E-state index is -0.570. The number of piperidine rings is 1. The van der Waals surface area contributed by atoms with Gasteiger partial charge in [0.05, 0.1) is 35.9 Å². The van der Waals surface area contributed by atoms with Gasteiger partial charge in [0.25, 0.3) is 0 Å². The highest BCUT2D eigenvalue weighted by Gasteiger charge is 2.28. The van der Waals surface area contributed by atoms with Crippen molar-refractivity contribution >= 4 is 57.5 Å². The van der Waals surface area contributed by atoms with Crippen LogP contribution in [0.15, 0.2) is 42.9 Å². The Balaban J connectivity index is 1.22. The average Bonchev–Trinajstić information content (AvgIpc) is 3.09. The molecule has 2 fully saturated rings. The molecule has 2 saturated heterocycles. The van der Waals surface area contributed by atoms with Gasteiger partial charge < -0.3 is 29.5 Å². The van der Waals surface area contributed by atoms with Gasteiger partial charge in [-0.1, -0.05) is 18.9 Å². The molecule has 11 nitrogen and oxygen atoms in total. The second-order valence-electron chi connectivity index (χ2n) is 11.8. The zero-order valence-corrected chi connectivity index (χ0v) is 28.1. The smallest absolute Gasteiger partial charge is 0.229 e. The van der Waals surface area contributed by atoms with E-state index in [0.717, 1.165) is 75.4 Å². The van der Waals surface area contributed by atoms with E-state index in [2.05, 4.69) is 71.4 Å². The number of nitrogens with one attached hydrogen (secondary N) is 2. The van der Waals surface area contributed by atoms with Gasteiger partial charge in [-0.05, 0) is 50.1 Å². The summed E-state index contributed by atoms with van der Waals surface area (Å²) in [7, 11) is 5.81. The number of hydrogen-bond acceptors (Lipinski definition) is 12. The number of ether oxygens (including phenoxy) is 1.